The Morgan fingerprint density at radius 3 is 2.45 bits per heavy atom. The Hall–Kier alpha value is -1.27. The first kappa shape index (κ1) is 15.1. The highest BCUT2D eigenvalue weighted by atomic mass is 32.2. The summed E-state index contributed by atoms with van der Waals surface area (Å²) >= 11 is 0. The summed E-state index contributed by atoms with van der Waals surface area (Å²) in [4.78, 5) is 12.3. The van der Waals surface area contributed by atoms with Crippen LogP contribution in [0.2, 0.25) is 0 Å². The number of nitrogens with zero attached hydrogens (tertiary/aromatic N) is 1. The second-order valence-corrected chi connectivity index (χ2v) is 7.80. The number of carbonyl (C=O) groups is 1. The number of Topliss-reactive ketones (excluding diaryl/α,β-unsaturated/α-hetero) is 1. The second-order valence-electron chi connectivity index (χ2n) is 5.31. The Balaban J connectivity index is 2.10. The molecule has 1 aromatic rings. The van der Waals surface area contributed by atoms with Crippen molar-refractivity contribution in [2.24, 2.45) is 5.92 Å². The lowest BCUT2D eigenvalue weighted by Gasteiger charge is -2.18. The van der Waals surface area contributed by atoms with Gasteiger partial charge in [-0.25, -0.2) is 17.1 Å². The van der Waals surface area contributed by atoms with Crippen LogP contribution in [0.4, 0.5) is 4.39 Å². The van der Waals surface area contributed by atoms with E-state index >= 15 is 0 Å². The highest BCUT2D eigenvalue weighted by molar-refractivity contribution is 7.89. The van der Waals surface area contributed by atoms with Crippen LogP contribution in [0.3, 0.4) is 0 Å². The van der Waals surface area contributed by atoms with Crippen LogP contribution in [0.1, 0.15) is 30.6 Å². The van der Waals surface area contributed by atoms with Crippen LogP contribution >= 0.6 is 0 Å². The fourth-order valence-electron chi connectivity index (χ4n) is 2.32. The van der Waals surface area contributed by atoms with E-state index in [9.17, 15) is 17.6 Å². The summed E-state index contributed by atoms with van der Waals surface area (Å²) < 4.78 is 38.3. The summed E-state index contributed by atoms with van der Waals surface area (Å²) in [6.45, 7) is 3.85. The van der Waals surface area contributed by atoms with Crippen LogP contribution < -0.4 is 0 Å². The molecule has 1 fully saturated rings. The van der Waals surface area contributed by atoms with Gasteiger partial charge in [-0.3, -0.25) is 4.79 Å². The Bertz CT molecular complexity index is 595. The average molecular weight is 299 g/mol. The first-order chi connectivity index (χ1) is 9.32. The standard InChI is InChI=1S/C14H18FNO3S/c1-10(2)20(18,19)16-8-7-12(9-16)14(17)11-3-5-13(15)6-4-11/h3-6,10,12H,7-9H2,1-2H3. The van der Waals surface area contributed by atoms with Crippen molar-refractivity contribution < 1.29 is 17.6 Å². The van der Waals surface area contributed by atoms with E-state index in [1.807, 2.05) is 0 Å². The highest BCUT2D eigenvalue weighted by Gasteiger charge is 2.36. The molecule has 110 valence electrons. The molecule has 0 radical (unpaired) electrons. The van der Waals surface area contributed by atoms with Gasteiger partial charge in [-0.05, 0) is 44.5 Å². The number of halogens is 1. The molecule has 0 aliphatic carbocycles. The van der Waals surface area contributed by atoms with Gasteiger partial charge in [0.25, 0.3) is 0 Å². The van der Waals surface area contributed by atoms with Gasteiger partial charge in [0.1, 0.15) is 5.82 Å². The molecule has 6 heteroatoms. The Morgan fingerprint density at radius 2 is 1.90 bits per heavy atom. The Kier molecular flexibility index (Phi) is 4.25. The lowest BCUT2D eigenvalue weighted by Crippen LogP contribution is -2.35. The Morgan fingerprint density at radius 1 is 1.30 bits per heavy atom. The summed E-state index contributed by atoms with van der Waals surface area (Å²) in [5.41, 5.74) is 0.431. The molecule has 20 heavy (non-hydrogen) atoms. The van der Waals surface area contributed by atoms with Crippen LogP contribution in [0, 0.1) is 11.7 Å². The van der Waals surface area contributed by atoms with Gasteiger partial charge in [0, 0.05) is 24.6 Å². The van der Waals surface area contributed by atoms with Crippen molar-refractivity contribution in [2.75, 3.05) is 13.1 Å². The molecule has 0 amide bonds. The van der Waals surface area contributed by atoms with E-state index in [1.165, 1.54) is 28.6 Å². The molecule has 1 unspecified atom stereocenters. The van der Waals surface area contributed by atoms with Gasteiger partial charge in [0.05, 0.1) is 5.25 Å². The minimum absolute atomic E-state index is 0.119. The fourth-order valence-corrected chi connectivity index (χ4v) is 3.67. The molecule has 0 saturated carbocycles. The summed E-state index contributed by atoms with van der Waals surface area (Å²) in [7, 11) is -3.31. The van der Waals surface area contributed by atoms with E-state index in [1.54, 1.807) is 13.8 Å². The molecule has 1 aromatic carbocycles. The van der Waals surface area contributed by atoms with Crippen molar-refractivity contribution in [3.05, 3.63) is 35.6 Å². The third kappa shape index (κ3) is 2.91. The topological polar surface area (TPSA) is 54.5 Å². The zero-order valence-corrected chi connectivity index (χ0v) is 12.4. The van der Waals surface area contributed by atoms with Gasteiger partial charge < -0.3 is 0 Å². The highest BCUT2D eigenvalue weighted by Crippen LogP contribution is 2.25. The normalized spacial score (nSPS) is 20.5. The predicted octanol–water partition coefficient (Wildman–Crippen LogP) is 2.07. The maximum atomic E-state index is 12.8. The van der Waals surface area contributed by atoms with E-state index in [0.717, 1.165) is 0 Å². The number of carbonyl (C=O) groups excluding carboxylic acids is 1. The zero-order valence-electron chi connectivity index (χ0n) is 11.5. The van der Waals surface area contributed by atoms with Crippen LogP contribution in [-0.4, -0.2) is 36.8 Å². The van der Waals surface area contributed by atoms with Gasteiger partial charge in [-0.15, -0.1) is 0 Å². The number of hydrogen-bond donors (Lipinski definition) is 0. The number of benzene rings is 1. The van der Waals surface area contributed by atoms with Gasteiger partial charge >= 0.3 is 0 Å². The van der Waals surface area contributed by atoms with Gasteiger partial charge in [-0.1, -0.05) is 0 Å². The molecular formula is C14H18FNO3S. The third-order valence-corrected chi connectivity index (χ3v) is 5.85. The smallest absolute Gasteiger partial charge is 0.216 e. The molecule has 1 aliphatic rings. The van der Waals surface area contributed by atoms with Crippen molar-refractivity contribution in [3.8, 4) is 0 Å². The lowest BCUT2D eigenvalue weighted by atomic mass is 9.97. The number of hydrogen-bond acceptors (Lipinski definition) is 3. The molecular weight excluding hydrogens is 281 g/mol. The SMILES string of the molecule is CC(C)S(=O)(=O)N1CCC(C(=O)c2ccc(F)cc2)C1. The number of sulfonamides is 1. The van der Waals surface area contributed by atoms with Crippen LogP contribution in [0.15, 0.2) is 24.3 Å². The largest absolute Gasteiger partial charge is 0.294 e. The summed E-state index contributed by atoms with van der Waals surface area (Å²) in [5.74, 6) is -0.850. The minimum Gasteiger partial charge on any atom is -0.294 e. The zero-order chi connectivity index (χ0) is 14.9. The molecule has 0 N–H and O–H groups in total. The minimum atomic E-state index is -3.31. The van der Waals surface area contributed by atoms with Crippen LogP contribution in [0.5, 0.6) is 0 Å². The maximum Gasteiger partial charge on any atom is 0.216 e. The van der Waals surface area contributed by atoms with E-state index in [4.69, 9.17) is 0 Å². The molecule has 1 saturated heterocycles. The molecule has 4 nitrogen and oxygen atoms in total. The van der Waals surface area contributed by atoms with E-state index < -0.39 is 21.1 Å². The van der Waals surface area contributed by atoms with E-state index in [-0.39, 0.29) is 18.2 Å². The predicted molar refractivity (Wildman–Crippen MR) is 74.5 cm³/mol. The quantitative estimate of drug-likeness (QED) is 0.800. The number of rotatable bonds is 4. The monoisotopic (exact) mass is 299 g/mol. The number of ketones is 1. The lowest BCUT2D eigenvalue weighted by molar-refractivity contribution is 0.0927. The first-order valence-electron chi connectivity index (χ1n) is 6.61. The van der Waals surface area contributed by atoms with Crippen LogP contribution in [-0.2, 0) is 10.0 Å². The summed E-state index contributed by atoms with van der Waals surface area (Å²) in [6.07, 6.45) is 0.516. The van der Waals surface area contributed by atoms with Gasteiger partial charge in [0.15, 0.2) is 5.78 Å². The summed E-state index contributed by atoms with van der Waals surface area (Å²) in [5, 5.41) is -0.484. The van der Waals surface area contributed by atoms with Crippen molar-refractivity contribution in [3.63, 3.8) is 0 Å². The molecule has 1 atom stereocenters. The van der Waals surface area contributed by atoms with E-state index in [0.29, 0.717) is 18.5 Å². The molecule has 0 spiro atoms. The summed E-state index contributed by atoms with van der Waals surface area (Å²) in [6, 6.07) is 5.37. The van der Waals surface area contributed by atoms with Crippen molar-refractivity contribution in [2.45, 2.75) is 25.5 Å². The molecule has 1 aliphatic heterocycles. The second kappa shape index (κ2) is 5.61. The Labute approximate surface area is 118 Å². The molecule has 0 bridgehead atoms. The average Bonchev–Trinajstić information content (AvgIpc) is 2.88. The van der Waals surface area contributed by atoms with Crippen molar-refractivity contribution >= 4 is 15.8 Å². The molecule has 1 heterocycles. The molecule has 0 aromatic heterocycles. The van der Waals surface area contributed by atoms with Crippen molar-refractivity contribution in [1.29, 1.82) is 0 Å². The fraction of sp³-hybridized carbons (Fsp3) is 0.500. The van der Waals surface area contributed by atoms with Crippen LogP contribution in [0.25, 0.3) is 0 Å². The first-order valence-corrected chi connectivity index (χ1v) is 8.11. The third-order valence-electron chi connectivity index (χ3n) is 3.61. The van der Waals surface area contributed by atoms with Crippen molar-refractivity contribution in [1.82, 2.24) is 4.31 Å². The van der Waals surface area contributed by atoms with E-state index in [2.05, 4.69) is 0 Å². The maximum absolute atomic E-state index is 12.8. The van der Waals surface area contributed by atoms with Gasteiger partial charge in [0.2, 0.25) is 10.0 Å². The molecule has 2 rings (SSSR count). The van der Waals surface area contributed by atoms with Gasteiger partial charge in [-0.2, -0.15) is 0 Å².